The molecule has 7 heteroatoms. The lowest BCUT2D eigenvalue weighted by Crippen LogP contribution is -2.13. The van der Waals surface area contributed by atoms with Gasteiger partial charge in [0.25, 0.3) is 10.0 Å². The number of methoxy groups -OCH3 is 1. The summed E-state index contributed by atoms with van der Waals surface area (Å²) in [5.41, 5.74) is 0.441. The predicted octanol–water partition coefficient (Wildman–Crippen LogP) is 4.02. The molecule has 0 aliphatic heterocycles. The first-order valence-electron chi connectivity index (χ1n) is 5.54. The van der Waals surface area contributed by atoms with Crippen LogP contribution in [-0.4, -0.2) is 15.5 Å². The summed E-state index contributed by atoms with van der Waals surface area (Å²) in [6, 6.07) is 11.7. The Morgan fingerprint density at radius 2 is 1.85 bits per heavy atom. The summed E-state index contributed by atoms with van der Waals surface area (Å²) in [7, 11) is -2.15. The van der Waals surface area contributed by atoms with Crippen molar-refractivity contribution in [3.8, 4) is 5.75 Å². The van der Waals surface area contributed by atoms with Crippen LogP contribution >= 0.6 is 31.9 Å². The van der Waals surface area contributed by atoms with Crippen molar-refractivity contribution in [2.45, 2.75) is 4.90 Å². The van der Waals surface area contributed by atoms with Crippen LogP contribution in [0, 0.1) is 0 Å². The average molecular weight is 421 g/mol. The SMILES string of the molecule is COc1cccc(NS(=O)(=O)c2cc(Br)ccc2Br)c1. The van der Waals surface area contributed by atoms with Crippen molar-refractivity contribution in [2.75, 3.05) is 11.8 Å². The van der Waals surface area contributed by atoms with Crippen molar-refractivity contribution in [2.24, 2.45) is 0 Å². The topological polar surface area (TPSA) is 55.4 Å². The van der Waals surface area contributed by atoms with Crippen LogP contribution in [0.5, 0.6) is 5.75 Å². The Morgan fingerprint density at radius 1 is 1.10 bits per heavy atom. The molecule has 20 heavy (non-hydrogen) atoms. The quantitative estimate of drug-likeness (QED) is 0.812. The molecule has 0 aromatic heterocycles. The highest BCUT2D eigenvalue weighted by molar-refractivity contribution is 9.11. The zero-order chi connectivity index (χ0) is 14.8. The molecule has 0 aliphatic rings. The van der Waals surface area contributed by atoms with Crippen LogP contribution in [0.15, 0.2) is 56.3 Å². The van der Waals surface area contributed by atoms with E-state index >= 15 is 0 Å². The molecule has 2 rings (SSSR count). The molecule has 0 spiro atoms. The molecule has 0 bridgehead atoms. The van der Waals surface area contributed by atoms with E-state index in [9.17, 15) is 8.42 Å². The number of hydrogen-bond acceptors (Lipinski definition) is 3. The van der Waals surface area contributed by atoms with E-state index in [4.69, 9.17) is 4.74 Å². The molecule has 0 atom stereocenters. The van der Waals surface area contributed by atoms with Crippen molar-refractivity contribution >= 4 is 47.6 Å². The van der Waals surface area contributed by atoms with Crippen molar-refractivity contribution in [3.63, 3.8) is 0 Å². The second kappa shape index (κ2) is 6.15. The number of ether oxygens (including phenoxy) is 1. The molecule has 0 fully saturated rings. The summed E-state index contributed by atoms with van der Waals surface area (Å²) in [5, 5.41) is 0. The number of halogens is 2. The fourth-order valence-corrected chi connectivity index (χ4v) is 4.13. The van der Waals surface area contributed by atoms with Gasteiger partial charge in [0.15, 0.2) is 0 Å². The highest BCUT2D eigenvalue weighted by atomic mass is 79.9. The van der Waals surface area contributed by atoms with Crippen LogP contribution in [0.3, 0.4) is 0 Å². The molecule has 0 saturated heterocycles. The molecule has 0 radical (unpaired) electrons. The van der Waals surface area contributed by atoms with Gasteiger partial charge in [-0.1, -0.05) is 22.0 Å². The van der Waals surface area contributed by atoms with Gasteiger partial charge in [-0.15, -0.1) is 0 Å². The molecule has 2 aromatic rings. The first-order valence-corrected chi connectivity index (χ1v) is 8.61. The Hall–Kier alpha value is -1.05. The predicted molar refractivity (Wildman–Crippen MR) is 85.6 cm³/mol. The maximum Gasteiger partial charge on any atom is 0.263 e. The van der Waals surface area contributed by atoms with Crippen LogP contribution < -0.4 is 9.46 Å². The molecule has 2 aromatic carbocycles. The van der Waals surface area contributed by atoms with Crippen molar-refractivity contribution < 1.29 is 13.2 Å². The van der Waals surface area contributed by atoms with E-state index in [1.54, 1.807) is 36.4 Å². The Kier molecular flexibility index (Phi) is 4.72. The Morgan fingerprint density at radius 3 is 2.55 bits per heavy atom. The summed E-state index contributed by atoms with van der Waals surface area (Å²) >= 11 is 6.51. The van der Waals surface area contributed by atoms with Gasteiger partial charge in [0.1, 0.15) is 10.6 Å². The molecule has 0 unspecified atom stereocenters. The number of benzene rings is 2. The van der Waals surface area contributed by atoms with Gasteiger partial charge >= 0.3 is 0 Å². The third kappa shape index (κ3) is 3.53. The van der Waals surface area contributed by atoms with E-state index in [0.29, 0.717) is 20.4 Å². The van der Waals surface area contributed by atoms with E-state index in [2.05, 4.69) is 36.6 Å². The molecule has 0 heterocycles. The maximum absolute atomic E-state index is 12.4. The van der Waals surface area contributed by atoms with E-state index < -0.39 is 10.0 Å². The number of rotatable bonds is 4. The fraction of sp³-hybridized carbons (Fsp3) is 0.0769. The molecule has 0 aliphatic carbocycles. The van der Waals surface area contributed by atoms with Gasteiger partial charge in [0.2, 0.25) is 0 Å². The van der Waals surface area contributed by atoms with E-state index in [1.807, 2.05) is 0 Å². The Balaban J connectivity index is 2.38. The smallest absolute Gasteiger partial charge is 0.263 e. The average Bonchev–Trinajstić information content (AvgIpc) is 2.41. The lowest BCUT2D eigenvalue weighted by molar-refractivity contribution is 0.415. The zero-order valence-electron chi connectivity index (χ0n) is 10.4. The minimum Gasteiger partial charge on any atom is -0.497 e. The lowest BCUT2D eigenvalue weighted by atomic mass is 10.3. The number of hydrogen-bond donors (Lipinski definition) is 1. The van der Waals surface area contributed by atoms with E-state index in [1.165, 1.54) is 13.2 Å². The van der Waals surface area contributed by atoms with Crippen molar-refractivity contribution in [1.82, 2.24) is 0 Å². The van der Waals surface area contributed by atoms with Gasteiger partial charge in [-0.05, 0) is 46.3 Å². The first-order chi connectivity index (χ1) is 9.42. The van der Waals surface area contributed by atoms with Crippen LogP contribution in [0.1, 0.15) is 0 Å². The summed E-state index contributed by atoms with van der Waals surface area (Å²) in [6.07, 6.45) is 0. The minimum absolute atomic E-state index is 0.162. The van der Waals surface area contributed by atoms with Crippen LogP contribution in [0.25, 0.3) is 0 Å². The summed E-state index contributed by atoms with van der Waals surface area (Å²) in [6.45, 7) is 0. The molecule has 1 N–H and O–H groups in total. The third-order valence-electron chi connectivity index (χ3n) is 2.50. The van der Waals surface area contributed by atoms with Crippen LogP contribution in [0.2, 0.25) is 0 Å². The van der Waals surface area contributed by atoms with Crippen LogP contribution in [0.4, 0.5) is 5.69 Å². The molecular formula is C13H11Br2NO3S. The number of sulfonamides is 1. The Bertz CT molecular complexity index is 732. The molecule has 106 valence electrons. The van der Waals surface area contributed by atoms with Crippen LogP contribution in [-0.2, 0) is 10.0 Å². The molecular weight excluding hydrogens is 410 g/mol. The standard InChI is InChI=1S/C13H11Br2NO3S/c1-19-11-4-2-3-10(8-11)16-20(17,18)13-7-9(14)5-6-12(13)15/h2-8,16H,1H3. The zero-order valence-corrected chi connectivity index (χ0v) is 14.4. The Labute approximate surface area is 134 Å². The second-order valence-corrected chi connectivity index (χ2v) is 7.33. The third-order valence-corrected chi connectivity index (χ3v) is 5.37. The highest BCUT2D eigenvalue weighted by Crippen LogP contribution is 2.28. The normalized spacial score (nSPS) is 11.2. The van der Waals surface area contributed by atoms with Gasteiger partial charge in [-0.3, -0.25) is 4.72 Å². The summed E-state index contributed by atoms with van der Waals surface area (Å²) in [5.74, 6) is 0.582. The lowest BCUT2D eigenvalue weighted by Gasteiger charge is -2.11. The summed E-state index contributed by atoms with van der Waals surface area (Å²) in [4.78, 5) is 0.162. The molecule has 0 amide bonds. The fourth-order valence-electron chi connectivity index (χ4n) is 1.58. The van der Waals surface area contributed by atoms with Gasteiger partial charge in [0, 0.05) is 15.0 Å². The monoisotopic (exact) mass is 419 g/mol. The number of nitrogens with one attached hydrogen (secondary N) is 1. The van der Waals surface area contributed by atoms with Gasteiger partial charge in [-0.25, -0.2) is 8.42 Å². The minimum atomic E-state index is -3.67. The molecule has 0 saturated carbocycles. The van der Waals surface area contributed by atoms with Gasteiger partial charge in [0.05, 0.1) is 12.8 Å². The summed E-state index contributed by atoms with van der Waals surface area (Å²) < 4.78 is 33.5. The molecule has 4 nitrogen and oxygen atoms in total. The van der Waals surface area contributed by atoms with E-state index in [0.717, 1.165) is 0 Å². The maximum atomic E-state index is 12.4. The van der Waals surface area contributed by atoms with Gasteiger partial charge < -0.3 is 4.74 Å². The van der Waals surface area contributed by atoms with E-state index in [-0.39, 0.29) is 4.90 Å². The largest absolute Gasteiger partial charge is 0.497 e. The second-order valence-electron chi connectivity index (χ2n) is 3.91. The number of anilines is 1. The highest BCUT2D eigenvalue weighted by Gasteiger charge is 2.18. The van der Waals surface area contributed by atoms with Crippen molar-refractivity contribution in [3.05, 3.63) is 51.4 Å². The van der Waals surface area contributed by atoms with Gasteiger partial charge in [-0.2, -0.15) is 0 Å². The van der Waals surface area contributed by atoms with Crippen molar-refractivity contribution in [1.29, 1.82) is 0 Å². The first kappa shape index (κ1) is 15.3.